The molecule has 0 saturated heterocycles. The van der Waals surface area contributed by atoms with E-state index in [4.69, 9.17) is 16.6 Å². The van der Waals surface area contributed by atoms with E-state index in [0.29, 0.717) is 28.8 Å². The third-order valence-corrected chi connectivity index (χ3v) is 8.83. The van der Waals surface area contributed by atoms with Crippen molar-refractivity contribution < 1.29 is 14.7 Å². The molecule has 0 bridgehead atoms. The van der Waals surface area contributed by atoms with Gasteiger partial charge >= 0.3 is 0 Å². The summed E-state index contributed by atoms with van der Waals surface area (Å²) in [7, 11) is 0. The minimum Gasteiger partial charge on any atom is -0.346 e. The molecule has 210 valence electrons. The van der Waals surface area contributed by atoms with Gasteiger partial charge in [0.2, 0.25) is 6.20 Å². The number of amides is 2. The number of carbonyl (C=O) groups is 2. The van der Waals surface area contributed by atoms with Crippen molar-refractivity contribution >= 4 is 29.1 Å². The van der Waals surface area contributed by atoms with E-state index in [-0.39, 0.29) is 23.3 Å². The van der Waals surface area contributed by atoms with Gasteiger partial charge in [-0.2, -0.15) is 0 Å². The second-order valence-corrected chi connectivity index (χ2v) is 12.7. The highest BCUT2D eigenvalue weighted by Gasteiger charge is 2.52. The van der Waals surface area contributed by atoms with Crippen LogP contribution >= 0.6 is 11.6 Å². The highest BCUT2D eigenvalue weighted by molar-refractivity contribution is 6.47. The monoisotopic (exact) mass is 560 g/mol. The summed E-state index contributed by atoms with van der Waals surface area (Å²) in [6.45, 7) is 9.45. The number of benzene rings is 2. The van der Waals surface area contributed by atoms with Crippen molar-refractivity contribution in [2.45, 2.75) is 77.9 Å². The fourth-order valence-electron chi connectivity index (χ4n) is 6.26. The summed E-state index contributed by atoms with van der Waals surface area (Å²) in [5, 5.41) is 10.2. The number of hydrogen-bond donors (Lipinski definition) is 2. The molecule has 8 heteroatoms. The summed E-state index contributed by atoms with van der Waals surface area (Å²) in [5.74, 6) is 0.396. The van der Waals surface area contributed by atoms with Crippen LogP contribution in [0.5, 0.6) is 0 Å². The summed E-state index contributed by atoms with van der Waals surface area (Å²) in [6.07, 6.45) is 7.20. The van der Waals surface area contributed by atoms with Gasteiger partial charge in [0.25, 0.3) is 11.8 Å². The average molecular weight is 561 g/mol. The second kappa shape index (κ2) is 11.3. The number of aliphatic imine (C=N–C) groups is 1. The first-order valence-electron chi connectivity index (χ1n) is 14.3. The van der Waals surface area contributed by atoms with Crippen LogP contribution in [0.25, 0.3) is 0 Å². The van der Waals surface area contributed by atoms with Crippen LogP contribution in [0.3, 0.4) is 0 Å². The summed E-state index contributed by atoms with van der Waals surface area (Å²) >= 11 is 6.33. The average Bonchev–Trinajstić information content (AvgIpc) is 3.17. The van der Waals surface area contributed by atoms with Gasteiger partial charge in [-0.3, -0.25) is 14.6 Å². The summed E-state index contributed by atoms with van der Waals surface area (Å²) in [5.41, 5.74) is 3.31. The fourth-order valence-corrected chi connectivity index (χ4v) is 6.45. The lowest BCUT2D eigenvalue weighted by Crippen LogP contribution is -2.64. The van der Waals surface area contributed by atoms with E-state index in [2.05, 4.69) is 48.1 Å². The van der Waals surface area contributed by atoms with Crippen molar-refractivity contribution in [1.29, 1.82) is 0 Å². The fraction of sp³-hybridized carbons (Fsp3) is 0.469. The van der Waals surface area contributed by atoms with Crippen LogP contribution < -0.4 is 10.4 Å². The lowest BCUT2D eigenvalue weighted by molar-refractivity contribution is -0.478. The van der Waals surface area contributed by atoms with Crippen LogP contribution in [0.4, 0.5) is 0 Å². The number of halogens is 1. The molecule has 1 spiro atoms. The summed E-state index contributed by atoms with van der Waals surface area (Å²) in [4.78, 5) is 34.3. The lowest BCUT2D eigenvalue weighted by Gasteiger charge is -2.47. The largest absolute Gasteiger partial charge is 0.346 e. The number of hydrogen-bond acceptors (Lipinski definition) is 4. The normalized spacial score (nSPS) is 23.1. The minimum atomic E-state index is -0.583. The zero-order chi connectivity index (χ0) is 28.5. The maximum Gasteiger partial charge on any atom is 0.275 e. The summed E-state index contributed by atoms with van der Waals surface area (Å²) < 4.78 is 0. The van der Waals surface area contributed by atoms with Crippen LogP contribution in [0.15, 0.2) is 70.5 Å². The lowest BCUT2D eigenvalue weighted by atomic mass is 9.69. The molecule has 2 aliphatic heterocycles. The van der Waals surface area contributed by atoms with E-state index in [1.54, 1.807) is 6.20 Å². The Morgan fingerprint density at radius 2 is 1.88 bits per heavy atom. The number of nitrogens with one attached hydrogen (secondary N) is 2. The topological polar surface area (TPSA) is 88.1 Å². The van der Waals surface area contributed by atoms with E-state index in [9.17, 15) is 9.59 Å². The van der Waals surface area contributed by atoms with Crippen molar-refractivity contribution in [3.8, 4) is 0 Å². The number of nitrogens with zero attached hydrogens (tertiary/aromatic N) is 3. The molecule has 7 nitrogen and oxygen atoms in total. The molecule has 2 heterocycles. The van der Waals surface area contributed by atoms with Crippen molar-refractivity contribution in [1.82, 2.24) is 10.2 Å². The van der Waals surface area contributed by atoms with E-state index < -0.39 is 5.66 Å². The van der Waals surface area contributed by atoms with Crippen LogP contribution in [-0.4, -0.2) is 34.6 Å². The molecule has 1 unspecified atom stereocenters. The Kier molecular flexibility index (Phi) is 7.96. The zero-order valence-electron chi connectivity index (χ0n) is 23.8. The van der Waals surface area contributed by atoms with Gasteiger partial charge in [-0.15, -0.1) is 5.11 Å². The first-order chi connectivity index (χ1) is 19.1. The van der Waals surface area contributed by atoms with Gasteiger partial charge in [-0.1, -0.05) is 70.0 Å². The van der Waals surface area contributed by atoms with Gasteiger partial charge < -0.3 is 10.2 Å². The standard InChI is InChI=1S/C32H38ClN5O2/c1-5-7-27(21-10-12-22(13-11-21)29(39)34-19-26-20-35-37-26)38-30(40)28(23-8-6-9-25(33)18-23)36-32(38)16-14-24(15-17-32)31(2,3)4/h6,8-13,18,20,24,27H,5,7,14-17,19H2,1-4H3,(H,34,39)/p+1. The van der Waals surface area contributed by atoms with Crippen LogP contribution in [0.1, 0.15) is 93.7 Å². The highest BCUT2D eigenvalue weighted by atomic mass is 35.5. The Bertz CT molecular complexity index is 1360. The van der Waals surface area contributed by atoms with Gasteiger partial charge in [0.15, 0.2) is 5.70 Å². The maximum atomic E-state index is 14.3. The first kappa shape index (κ1) is 28.2. The van der Waals surface area contributed by atoms with E-state index in [1.807, 2.05) is 48.5 Å². The molecular weight excluding hydrogens is 522 g/mol. The highest BCUT2D eigenvalue weighted by Crippen LogP contribution is 2.49. The Balaban J connectivity index is 1.46. The van der Waals surface area contributed by atoms with Crippen molar-refractivity contribution in [2.75, 3.05) is 6.54 Å². The molecule has 3 aliphatic rings. The van der Waals surface area contributed by atoms with Crippen molar-refractivity contribution in [3.05, 3.63) is 82.1 Å². The van der Waals surface area contributed by atoms with E-state index in [1.165, 1.54) is 0 Å². The Morgan fingerprint density at radius 1 is 1.18 bits per heavy atom. The quantitative estimate of drug-likeness (QED) is 0.442. The molecule has 2 N–H and O–H groups in total. The number of carbonyl (C=O) groups excluding carboxylic acids is 2. The SMILES string of the molecule is CCCC(c1ccc(C(=O)NCC2=C[NH+]=N2)cc1)N1C(=O)C(c2cccc(Cl)c2)=NC12CCC(C(C)(C)C)CC2. The third kappa shape index (κ3) is 5.62. The van der Waals surface area contributed by atoms with Crippen LogP contribution in [-0.2, 0) is 4.79 Å². The molecule has 2 aromatic carbocycles. The molecule has 0 radical (unpaired) electrons. The van der Waals surface area contributed by atoms with Crippen LogP contribution in [0.2, 0.25) is 5.02 Å². The van der Waals surface area contributed by atoms with Gasteiger partial charge in [0.05, 0.1) is 12.6 Å². The number of rotatable bonds is 8. The second-order valence-electron chi connectivity index (χ2n) is 12.3. The molecule has 0 aromatic heterocycles. The molecule has 2 amide bonds. The Labute approximate surface area is 241 Å². The first-order valence-corrected chi connectivity index (χ1v) is 14.7. The smallest absolute Gasteiger partial charge is 0.275 e. The molecule has 1 fully saturated rings. The molecule has 1 aliphatic carbocycles. The zero-order valence-corrected chi connectivity index (χ0v) is 24.6. The predicted molar refractivity (Wildman–Crippen MR) is 157 cm³/mol. The maximum absolute atomic E-state index is 14.3. The van der Waals surface area contributed by atoms with Gasteiger partial charge in [-0.25, -0.2) is 0 Å². The molecule has 1 atom stereocenters. The molecule has 5 rings (SSSR count). The van der Waals surface area contributed by atoms with Gasteiger partial charge in [-0.05, 0) is 73.3 Å². The van der Waals surface area contributed by atoms with Gasteiger partial charge in [0.1, 0.15) is 11.4 Å². The van der Waals surface area contributed by atoms with E-state index >= 15 is 0 Å². The minimum absolute atomic E-state index is 0.0390. The molecule has 2 aromatic rings. The third-order valence-electron chi connectivity index (χ3n) is 8.60. The van der Waals surface area contributed by atoms with Gasteiger partial charge in [0, 0.05) is 21.3 Å². The number of azo groups is 1. The van der Waals surface area contributed by atoms with Crippen LogP contribution in [0, 0.1) is 11.3 Å². The molecule has 40 heavy (non-hydrogen) atoms. The summed E-state index contributed by atoms with van der Waals surface area (Å²) in [6, 6.07) is 15.0. The predicted octanol–water partition coefficient (Wildman–Crippen LogP) is 5.56. The molecular formula is C32H39ClN5O2+. The Morgan fingerprint density at radius 3 is 2.45 bits per heavy atom. The molecule has 1 saturated carbocycles. The van der Waals surface area contributed by atoms with Crippen molar-refractivity contribution in [2.24, 2.45) is 21.4 Å². The van der Waals surface area contributed by atoms with Crippen molar-refractivity contribution in [3.63, 3.8) is 0 Å². The van der Waals surface area contributed by atoms with E-state index in [0.717, 1.165) is 55.3 Å². The Hall–Kier alpha value is -3.32.